The third-order valence-corrected chi connectivity index (χ3v) is 2.09. The minimum Gasteiger partial charge on any atom is -0.478 e. The first-order chi connectivity index (χ1) is 6.99. The fourth-order valence-electron chi connectivity index (χ4n) is 1.01. The van der Waals surface area contributed by atoms with Gasteiger partial charge in [0.2, 0.25) is 6.23 Å². The van der Waals surface area contributed by atoms with E-state index in [-0.39, 0.29) is 6.54 Å². The van der Waals surface area contributed by atoms with Crippen LogP contribution in [0.2, 0.25) is 10.0 Å². The number of aliphatic hydroxyl groups is 1. The van der Waals surface area contributed by atoms with E-state index in [1.165, 1.54) is 0 Å². The highest BCUT2D eigenvalue weighted by Gasteiger charge is 2.11. The molecular formula is C9H9Cl2NO3. The zero-order valence-electron chi connectivity index (χ0n) is 7.58. The molecular weight excluding hydrogens is 241 g/mol. The maximum atomic E-state index is 10.3. The van der Waals surface area contributed by atoms with Crippen LogP contribution < -0.4 is 5.32 Å². The smallest absolute Gasteiger partial charge is 0.347 e. The summed E-state index contributed by atoms with van der Waals surface area (Å²) < 4.78 is 0. The number of carbonyl (C=O) groups is 1. The van der Waals surface area contributed by atoms with E-state index in [0.717, 1.165) is 0 Å². The molecule has 1 aromatic rings. The largest absolute Gasteiger partial charge is 0.478 e. The average Bonchev–Trinajstić information content (AvgIpc) is 2.12. The van der Waals surface area contributed by atoms with Crippen molar-refractivity contribution >= 4 is 29.2 Å². The molecule has 0 heterocycles. The molecule has 0 bridgehead atoms. The predicted molar refractivity (Wildman–Crippen MR) is 56.9 cm³/mol. The van der Waals surface area contributed by atoms with Gasteiger partial charge < -0.3 is 10.2 Å². The van der Waals surface area contributed by atoms with Gasteiger partial charge in [-0.05, 0) is 23.8 Å². The Labute approximate surface area is 96.4 Å². The van der Waals surface area contributed by atoms with Gasteiger partial charge in [0.15, 0.2) is 0 Å². The molecule has 4 nitrogen and oxygen atoms in total. The van der Waals surface area contributed by atoms with Crippen LogP contribution in [0.1, 0.15) is 5.56 Å². The van der Waals surface area contributed by atoms with Gasteiger partial charge in [0.05, 0.1) is 0 Å². The zero-order chi connectivity index (χ0) is 11.4. The molecule has 0 saturated heterocycles. The van der Waals surface area contributed by atoms with Crippen LogP contribution in [0.5, 0.6) is 0 Å². The Bertz CT molecular complexity index is 350. The Hall–Kier alpha value is -0.810. The fraction of sp³-hybridized carbons (Fsp3) is 0.222. The molecule has 0 aliphatic carbocycles. The van der Waals surface area contributed by atoms with E-state index in [1.54, 1.807) is 18.2 Å². The van der Waals surface area contributed by atoms with Crippen LogP contribution >= 0.6 is 23.2 Å². The van der Waals surface area contributed by atoms with Gasteiger partial charge in [0, 0.05) is 16.6 Å². The van der Waals surface area contributed by atoms with Crippen molar-refractivity contribution in [2.75, 3.05) is 0 Å². The lowest BCUT2D eigenvalue weighted by molar-refractivity contribution is -0.148. The molecule has 1 unspecified atom stereocenters. The number of rotatable bonds is 4. The molecule has 6 heteroatoms. The molecule has 1 aromatic carbocycles. The summed E-state index contributed by atoms with van der Waals surface area (Å²) in [6.07, 6.45) is -1.59. The normalized spacial score (nSPS) is 12.5. The van der Waals surface area contributed by atoms with Crippen molar-refractivity contribution in [2.24, 2.45) is 0 Å². The summed E-state index contributed by atoms with van der Waals surface area (Å²) in [5.74, 6) is -1.33. The third-order valence-electron chi connectivity index (χ3n) is 1.66. The van der Waals surface area contributed by atoms with Crippen molar-refractivity contribution in [3.63, 3.8) is 0 Å². The topological polar surface area (TPSA) is 69.6 Å². The number of carboxylic acids is 1. The molecule has 0 saturated carbocycles. The average molecular weight is 250 g/mol. The predicted octanol–water partition coefficient (Wildman–Crippen LogP) is 1.49. The van der Waals surface area contributed by atoms with Gasteiger partial charge in [0.1, 0.15) is 0 Å². The summed E-state index contributed by atoms with van der Waals surface area (Å²) in [6.45, 7) is 0.174. The molecule has 3 N–H and O–H groups in total. The number of carboxylic acid groups (broad SMARTS) is 1. The molecule has 1 atom stereocenters. The van der Waals surface area contributed by atoms with Gasteiger partial charge in [-0.1, -0.05) is 23.2 Å². The van der Waals surface area contributed by atoms with E-state index in [0.29, 0.717) is 15.6 Å². The second-order valence-electron chi connectivity index (χ2n) is 2.90. The number of aliphatic hydroxyl groups excluding tert-OH is 1. The number of aliphatic carboxylic acids is 1. The van der Waals surface area contributed by atoms with Gasteiger partial charge in [-0.25, -0.2) is 4.79 Å². The molecule has 1 rings (SSSR count). The number of hydrogen-bond acceptors (Lipinski definition) is 3. The molecule has 0 aromatic heterocycles. The van der Waals surface area contributed by atoms with Crippen molar-refractivity contribution in [1.82, 2.24) is 5.32 Å². The zero-order valence-corrected chi connectivity index (χ0v) is 9.09. The van der Waals surface area contributed by atoms with Crippen LogP contribution in [-0.2, 0) is 11.3 Å². The number of halogens is 2. The van der Waals surface area contributed by atoms with Crippen molar-refractivity contribution in [1.29, 1.82) is 0 Å². The number of benzene rings is 1. The van der Waals surface area contributed by atoms with Crippen molar-refractivity contribution < 1.29 is 15.0 Å². The first-order valence-electron chi connectivity index (χ1n) is 4.08. The Morgan fingerprint density at radius 3 is 2.33 bits per heavy atom. The summed E-state index contributed by atoms with van der Waals surface area (Å²) >= 11 is 11.5. The van der Waals surface area contributed by atoms with Crippen LogP contribution in [0.25, 0.3) is 0 Å². The molecule has 82 valence electrons. The van der Waals surface area contributed by atoms with E-state index in [4.69, 9.17) is 33.4 Å². The first kappa shape index (κ1) is 12.3. The van der Waals surface area contributed by atoms with Gasteiger partial charge in [-0.3, -0.25) is 5.32 Å². The highest BCUT2D eigenvalue weighted by molar-refractivity contribution is 6.34. The lowest BCUT2D eigenvalue weighted by atomic mass is 10.2. The number of hydrogen-bond donors (Lipinski definition) is 3. The van der Waals surface area contributed by atoms with Gasteiger partial charge in [0.25, 0.3) is 0 Å². The molecule has 0 radical (unpaired) electrons. The van der Waals surface area contributed by atoms with Crippen LogP contribution in [0.3, 0.4) is 0 Å². The lowest BCUT2D eigenvalue weighted by Crippen LogP contribution is -2.35. The van der Waals surface area contributed by atoms with E-state index in [2.05, 4.69) is 5.32 Å². The van der Waals surface area contributed by atoms with Crippen molar-refractivity contribution in [3.8, 4) is 0 Å². The summed E-state index contributed by atoms with van der Waals surface area (Å²) in [7, 11) is 0. The van der Waals surface area contributed by atoms with Crippen molar-refractivity contribution in [3.05, 3.63) is 33.8 Å². The Kier molecular flexibility index (Phi) is 4.35. The van der Waals surface area contributed by atoms with E-state index >= 15 is 0 Å². The summed E-state index contributed by atoms with van der Waals surface area (Å²) in [6, 6.07) is 4.84. The summed E-state index contributed by atoms with van der Waals surface area (Å²) in [4.78, 5) is 10.3. The van der Waals surface area contributed by atoms with Gasteiger partial charge in [-0.2, -0.15) is 0 Å². The summed E-state index contributed by atoms with van der Waals surface area (Å²) in [5, 5.41) is 20.7. The van der Waals surface area contributed by atoms with Crippen LogP contribution in [0, 0.1) is 0 Å². The first-order valence-corrected chi connectivity index (χ1v) is 4.84. The van der Waals surface area contributed by atoms with Crippen LogP contribution in [-0.4, -0.2) is 22.4 Å². The maximum Gasteiger partial charge on any atom is 0.347 e. The van der Waals surface area contributed by atoms with Crippen molar-refractivity contribution in [2.45, 2.75) is 12.8 Å². The van der Waals surface area contributed by atoms with Gasteiger partial charge >= 0.3 is 5.97 Å². The SMILES string of the molecule is O=C(O)C(O)NCc1cc(Cl)cc(Cl)c1. The third kappa shape index (κ3) is 4.05. The standard InChI is InChI=1S/C9H9Cl2NO3/c10-6-1-5(2-7(11)3-6)4-12-8(13)9(14)15/h1-3,8,12-13H,4H2,(H,14,15). The maximum absolute atomic E-state index is 10.3. The quantitative estimate of drug-likeness (QED) is 0.708. The fourth-order valence-corrected chi connectivity index (χ4v) is 1.59. The monoisotopic (exact) mass is 249 g/mol. The summed E-state index contributed by atoms with van der Waals surface area (Å²) in [5.41, 5.74) is 0.702. The second-order valence-corrected chi connectivity index (χ2v) is 3.77. The lowest BCUT2D eigenvalue weighted by Gasteiger charge is -2.08. The molecule has 0 fully saturated rings. The van der Waals surface area contributed by atoms with E-state index in [1.807, 2.05) is 0 Å². The molecule has 0 aliphatic heterocycles. The highest BCUT2D eigenvalue weighted by atomic mass is 35.5. The van der Waals surface area contributed by atoms with E-state index in [9.17, 15) is 4.79 Å². The molecule has 0 amide bonds. The Morgan fingerprint density at radius 1 is 1.33 bits per heavy atom. The van der Waals surface area contributed by atoms with Gasteiger partial charge in [-0.15, -0.1) is 0 Å². The second kappa shape index (κ2) is 5.32. The van der Waals surface area contributed by atoms with Crippen LogP contribution in [0.15, 0.2) is 18.2 Å². The molecule has 0 spiro atoms. The Morgan fingerprint density at radius 2 is 1.87 bits per heavy atom. The Balaban J connectivity index is 2.61. The van der Waals surface area contributed by atoms with Crippen LogP contribution in [0.4, 0.5) is 0 Å². The molecule has 15 heavy (non-hydrogen) atoms. The minimum atomic E-state index is -1.59. The minimum absolute atomic E-state index is 0.174. The molecule has 0 aliphatic rings. The number of nitrogens with one attached hydrogen (secondary N) is 1. The highest BCUT2D eigenvalue weighted by Crippen LogP contribution is 2.18. The van der Waals surface area contributed by atoms with E-state index < -0.39 is 12.2 Å².